The first-order chi connectivity index (χ1) is 11.5. The molecule has 0 bridgehead atoms. The lowest BCUT2D eigenvalue weighted by molar-refractivity contribution is 0.129. The Bertz CT molecular complexity index is 832. The fourth-order valence-electron chi connectivity index (χ4n) is 2.65. The molecule has 0 saturated carbocycles. The van der Waals surface area contributed by atoms with Crippen LogP contribution in [0.5, 0.6) is 5.75 Å². The molecular weight excluding hydrogens is 355 g/mol. The third-order valence-corrected chi connectivity index (χ3v) is 6.01. The van der Waals surface area contributed by atoms with Gasteiger partial charge in [-0.05, 0) is 25.0 Å². The zero-order chi connectivity index (χ0) is 17.2. The zero-order valence-electron chi connectivity index (χ0n) is 12.7. The Morgan fingerprint density at radius 3 is 2.83 bits per heavy atom. The Hall–Kier alpha value is -1.70. The van der Waals surface area contributed by atoms with Crippen LogP contribution in [0.1, 0.15) is 12.8 Å². The van der Waals surface area contributed by atoms with Crippen LogP contribution in [0.4, 0.5) is 4.39 Å². The van der Waals surface area contributed by atoms with Crippen LogP contribution in [0, 0.1) is 5.82 Å². The van der Waals surface area contributed by atoms with Crippen molar-refractivity contribution < 1.29 is 17.5 Å². The number of hydrogen-bond donors (Lipinski definition) is 0. The van der Waals surface area contributed by atoms with Crippen molar-refractivity contribution in [3.8, 4) is 5.75 Å². The highest BCUT2D eigenvalue weighted by atomic mass is 35.5. The molecule has 2 aromatic rings. The van der Waals surface area contributed by atoms with E-state index in [1.54, 1.807) is 12.3 Å². The van der Waals surface area contributed by atoms with Crippen LogP contribution >= 0.6 is 11.6 Å². The lowest BCUT2D eigenvalue weighted by Gasteiger charge is -2.32. The van der Waals surface area contributed by atoms with Crippen LogP contribution in [0.15, 0.2) is 47.6 Å². The summed E-state index contributed by atoms with van der Waals surface area (Å²) in [4.78, 5) is 3.57. The van der Waals surface area contributed by atoms with Crippen molar-refractivity contribution in [3.05, 3.63) is 53.6 Å². The van der Waals surface area contributed by atoms with Crippen molar-refractivity contribution in [2.75, 3.05) is 13.1 Å². The number of hydrogen-bond acceptors (Lipinski definition) is 4. The second-order valence-corrected chi connectivity index (χ2v) is 7.80. The maximum absolute atomic E-state index is 13.9. The number of pyridine rings is 1. The Balaban J connectivity index is 1.78. The molecule has 1 aliphatic rings. The number of sulfonamides is 1. The van der Waals surface area contributed by atoms with Crippen molar-refractivity contribution in [2.45, 2.75) is 23.8 Å². The fraction of sp³-hybridized carbons (Fsp3) is 0.312. The summed E-state index contributed by atoms with van der Waals surface area (Å²) >= 11 is 6.02. The molecule has 1 unspecified atom stereocenters. The van der Waals surface area contributed by atoms with E-state index in [-0.39, 0.29) is 17.5 Å². The molecule has 24 heavy (non-hydrogen) atoms. The van der Waals surface area contributed by atoms with Gasteiger partial charge in [-0.25, -0.2) is 12.8 Å². The molecule has 5 nitrogen and oxygen atoms in total. The van der Waals surface area contributed by atoms with Gasteiger partial charge >= 0.3 is 0 Å². The van der Waals surface area contributed by atoms with Gasteiger partial charge < -0.3 is 4.74 Å². The van der Waals surface area contributed by atoms with Crippen LogP contribution in [0.2, 0.25) is 5.02 Å². The summed E-state index contributed by atoms with van der Waals surface area (Å²) in [6.07, 6.45) is 3.99. The number of benzene rings is 1. The van der Waals surface area contributed by atoms with Gasteiger partial charge in [0.1, 0.15) is 27.6 Å². The van der Waals surface area contributed by atoms with E-state index in [9.17, 15) is 12.8 Å². The van der Waals surface area contributed by atoms with E-state index in [1.165, 1.54) is 28.7 Å². The average molecular weight is 371 g/mol. The van der Waals surface area contributed by atoms with Crippen LogP contribution in [0.25, 0.3) is 0 Å². The quantitative estimate of drug-likeness (QED) is 0.829. The summed E-state index contributed by atoms with van der Waals surface area (Å²) in [5, 5.41) is 0.367. The largest absolute Gasteiger partial charge is 0.487 e. The molecule has 1 saturated heterocycles. The topological polar surface area (TPSA) is 59.5 Å². The number of rotatable bonds is 4. The normalized spacial score (nSPS) is 19.2. The van der Waals surface area contributed by atoms with Crippen LogP contribution in [0.3, 0.4) is 0 Å². The van der Waals surface area contributed by atoms with Gasteiger partial charge in [0.25, 0.3) is 0 Å². The summed E-state index contributed by atoms with van der Waals surface area (Å²) in [5.74, 6) is -0.292. The minimum absolute atomic E-state index is 0.148. The Labute approximate surface area is 145 Å². The average Bonchev–Trinajstić information content (AvgIpc) is 2.57. The fourth-order valence-corrected chi connectivity index (χ4v) is 4.39. The molecule has 8 heteroatoms. The van der Waals surface area contributed by atoms with Crippen molar-refractivity contribution in [3.63, 3.8) is 0 Å². The molecule has 0 N–H and O–H groups in total. The molecule has 3 rings (SSSR count). The number of piperidine rings is 1. The monoisotopic (exact) mass is 370 g/mol. The van der Waals surface area contributed by atoms with Crippen molar-refractivity contribution in [2.24, 2.45) is 0 Å². The third kappa shape index (κ3) is 3.53. The van der Waals surface area contributed by atoms with E-state index >= 15 is 0 Å². The standard InChI is InChI=1S/C16H16ClFN2O3S/c17-13-10-19-8-7-15(13)23-12-4-3-9-20(11-12)24(21,22)16-6-2-1-5-14(16)18/h1-2,5-8,10,12H,3-4,9,11H2. The van der Waals surface area contributed by atoms with Crippen molar-refractivity contribution in [1.82, 2.24) is 9.29 Å². The SMILES string of the molecule is O=S(=O)(c1ccccc1F)N1CCCC(Oc2ccncc2Cl)C1. The number of nitrogens with zero attached hydrogens (tertiary/aromatic N) is 2. The Kier molecular flexibility index (Phi) is 5.03. The van der Waals surface area contributed by atoms with Gasteiger partial charge in [0.05, 0.1) is 6.54 Å². The molecule has 2 heterocycles. The zero-order valence-corrected chi connectivity index (χ0v) is 14.3. The maximum atomic E-state index is 13.9. The molecule has 128 valence electrons. The van der Waals surface area contributed by atoms with E-state index < -0.39 is 15.8 Å². The van der Waals surface area contributed by atoms with E-state index in [4.69, 9.17) is 16.3 Å². The van der Waals surface area contributed by atoms with Gasteiger partial charge in [-0.3, -0.25) is 4.98 Å². The summed E-state index contributed by atoms with van der Waals surface area (Å²) < 4.78 is 46.3. The molecule has 1 aliphatic heterocycles. The van der Waals surface area contributed by atoms with Crippen LogP contribution < -0.4 is 4.74 Å². The van der Waals surface area contributed by atoms with Gasteiger partial charge in [-0.2, -0.15) is 4.31 Å². The van der Waals surface area contributed by atoms with Crippen molar-refractivity contribution >= 4 is 21.6 Å². The first-order valence-electron chi connectivity index (χ1n) is 7.49. The number of aromatic nitrogens is 1. The highest BCUT2D eigenvalue weighted by Crippen LogP contribution is 2.28. The van der Waals surface area contributed by atoms with Crippen LogP contribution in [-0.4, -0.2) is 36.9 Å². The molecule has 1 aromatic heterocycles. The third-order valence-electron chi connectivity index (χ3n) is 3.82. The summed E-state index contributed by atoms with van der Waals surface area (Å²) in [6, 6.07) is 7.01. The summed E-state index contributed by atoms with van der Waals surface area (Å²) in [7, 11) is -3.90. The summed E-state index contributed by atoms with van der Waals surface area (Å²) in [5.41, 5.74) is 0. The van der Waals surface area contributed by atoms with Crippen LogP contribution in [-0.2, 0) is 10.0 Å². The molecule has 0 radical (unpaired) electrons. The maximum Gasteiger partial charge on any atom is 0.246 e. The van der Waals surface area contributed by atoms with Gasteiger partial charge in [0.2, 0.25) is 10.0 Å². The molecule has 0 aliphatic carbocycles. The minimum atomic E-state index is -3.90. The molecule has 0 spiro atoms. The van der Waals surface area contributed by atoms with Gasteiger partial charge in [-0.1, -0.05) is 23.7 Å². The second-order valence-electron chi connectivity index (χ2n) is 5.48. The highest BCUT2D eigenvalue weighted by Gasteiger charge is 2.32. The van der Waals surface area contributed by atoms with Gasteiger partial charge in [-0.15, -0.1) is 0 Å². The van der Waals surface area contributed by atoms with Crippen molar-refractivity contribution in [1.29, 1.82) is 0 Å². The Morgan fingerprint density at radius 2 is 2.08 bits per heavy atom. The lowest BCUT2D eigenvalue weighted by Crippen LogP contribution is -2.44. The molecule has 0 amide bonds. The minimum Gasteiger partial charge on any atom is -0.487 e. The van der Waals surface area contributed by atoms with E-state index in [0.717, 1.165) is 6.07 Å². The predicted molar refractivity (Wildman–Crippen MR) is 88.1 cm³/mol. The van der Waals surface area contributed by atoms with Gasteiger partial charge in [0, 0.05) is 25.0 Å². The first-order valence-corrected chi connectivity index (χ1v) is 9.31. The molecule has 1 aromatic carbocycles. The second kappa shape index (κ2) is 7.04. The Morgan fingerprint density at radius 1 is 1.29 bits per heavy atom. The van der Waals surface area contributed by atoms with E-state index in [2.05, 4.69) is 4.98 Å². The van der Waals surface area contributed by atoms with E-state index in [1.807, 2.05) is 0 Å². The van der Waals surface area contributed by atoms with E-state index in [0.29, 0.717) is 30.2 Å². The number of halogens is 2. The molecular formula is C16H16ClFN2O3S. The van der Waals surface area contributed by atoms with Gasteiger partial charge in [0.15, 0.2) is 0 Å². The number of ether oxygens (including phenoxy) is 1. The smallest absolute Gasteiger partial charge is 0.246 e. The predicted octanol–water partition coefficient (Wildman–Crippen LogP) is 3.11. The highest BCUT2D eigenvalue weighted by molar-refractivity contribution is 7.89. The lowest BCUT2D eigenvalue weighted by atomic mass is 10.1. The first kappa shape index (κ1) is 17.1. The molecule has 1 fully saturated rings. The summed E-state index contributed by atoms with van der Waals surface area (Å²) in [6.45, 7) is 0.482. The molecule has 1 atom stereocenters.